The number of hydrogen-bond donors (Lipinski definition) is 1. The largest absolute Gasteiger partial charge is 0.481 e. The van der Waals surface area contributed by atoms with E-state index in [1.807, 2.05) is 25.5 Å². The summed E-state index contributed by atoms with van der Waals surface area (Å²) >= 11 is 0. The number of anilines is 1. The summed E-state index contributed by atoms with van der Waals surface area (Å²) in [5, 5.41) is 4.39. The maximum atomic E-state index is 6.29. The molecule has 0 saturated heterocycles. The van der Waals surface area contributed by atoms with Crippen LogP contribution in [0, 0.1) is 19.8 Å². The molecule has 2 N–H and O–H groups in total. The van der Waals surface area contributed by atoms with Crippen molar-refractivity contribution in [2.75, 3.05) is 12.8 Å². The molecule has 0 saturated carbocycles. The zero-order valence-electron chi connectivity index (χ0n) is 13.1. The number of methoxy groups -OCH3 is 1. The standard InChI is InChI=1S/C14H23N5O/c1-8(2)7-19-10(4)16-12(13(19)15)11-9(3)17-18(5)14(11)20-6/h8H,7,15H2,1-6H3. The lowest BCUT2D eigenvalue weighted by Gasteiger charge is -2.10. The molecule has 0 spiro atoms. The summed E-state index contributed by atoms with van der Waals surface area (Å²) in [5.74, 6) is 2.78. The summed E-state index contributed by atoms with van der Waals surface area (Å²) in [4.78, 5) is 4.62. The highest BCUT2D eigenvalue weighted by Gasteiger charge is 2.23. The molecule has 20 heavy (non-hydrogen) atoms. The Hall–Kier alpha value is -1.98. The van der Waals surface area contributed by atoms with E-state index in [2.05, 4.69) is 23.9 Å². The molecule has 0 atom stereocenters. The van der Waals surface area contributed by atoms with Gasteiger partial charge in [-0.3, -0.25) is 0 Å². The number of aryl methyl sites for hydroxylation is 3. The van der Waals surface area contributed by atoms with E-state index in [0.717, 1.165) is 29.3 Å². The van der Waals surface area contributed by atoms with Crippen LogP contribution in [0.4, 0.5) is 5.82 Å². The molecule has 0 fully saturated rings. The molecule has 0 aliphatic heterocycles. The first-order chi connectivity index (χ1) is 9.36. The van der Waals surface area contributed by atoms with E-state index in [9.17, 15) is 0 Å². The minimum absolute atomic E-state index is 0.509. The van der Waals surface area contributed by atoms with E-state index in [-0.39, 0.29) is 0 Å². The molecule has 2 rings (SSSR count). The van der Waals surface area contributed by atoms with E-state index in [4.69, 9.17) is 10.5 Å². The van der Waals surface area contributed by atoms with Crippen molar-refractivity contribution in [3.8, 4) is 17.1 Å². The van der Waals surface area contributed by atoms with Gasteiger partial charge in [-0.15, -0.1) is 0 Å². The fraction of sp³-hybridized carbons (Fsp3) is 0.571. The molecule has 0 bridgehead atoms. The number of nitrogen functional groups attached to an aromatic ring is 1. The number of aromatic nitrogens is 4. The van der Waals surface area contributed by atoms with Gasteiger partial charge in [-0.05, 0) is 19.8 Å². The molecule has 0 amide bonds. The lowest BCUT2D eigenvalue weighted by atomic mass is 10.2. The fourth-order valence-corrected chi connectivity index (χ4v) is 2.50. The van der Waals surface area contributed by atoms with Crippen molar-refractivity contribution in [3.05, 3.63) is 11.5 Å². The smallest absolute Gasteiger partial charge is 0.221 e. The molecule has 6 nitrogen and oxygen atoms in total. The topological polar surface area (TPSA) is 70.9 Å². The Kier molecular flexibility index (Phi) is 3.74. The van der Waals surface area contributed by atoms with Gasteiger partial charge in [-0.2, -0.15) is 5.10 Å². The quantitative estimate of drug-likeness (QED) is 0.929. The second-order valence-corrected chi connectivity index (χ2v) is 5.49. The van der Waals surface area contributed by atoms with Crippen molar-refractivity contribution >= 4 is 5.82 Å². The molecule has 0 aromatic carbocycles. The Morgan fingerprint density at radius 1 is 1.30 bits per heavy atom. The normalized spacial score (nSPS) is 11.3. The molecule has 2 heterocycles. The average molecular weight is 277 g/mol. The molecular weight excluding hydrogens is 254 g/mol. The van der Waals surface area contributed by atoms with Gasteiger partial charge in [-0.1, -0.05) is 13.8 Å². The van der Waals surface area contributed by atoms with Crippen LogP contribution in [0.1, 0.15) is 25.4 Å². The van der Waals surface area contributed by atoms with Gasteiger partial charge in [0.2, 0.25) is 5.88 Å². The van der Waals surface area contributed by atoms with Crippen molar-refractivity contribution < 1.29 is 4.74 Å². The average Bonchev–Trinajstić information content (AvgIpc) is 2.78. The van der Waals surface area contributed by atoms with Crippen LogP contribution in [-0.2, 0) is 13.6 Å². The Labute approximate surface area is 119 Å². The lowest BCUT2D eigenvalue weighted by molar-refractivity contribution is 0.374. The van der Waals surface area contributed by atoms with Gasteiger partial charge in [0.05, 0.1) is 18.4 Å². The fourth-order valence-electron chi connectivity index (χ4n) is 2.50. The first kappa shape index (κ1) is 14.4. The summed E-state index contributed by atoms with van der Waals surface area (Å²) in [6, 6.07) is 0. The SMILES string of the molecule is COc1c(-c2nc(C)n(CC(C)C)c2N)c(C)nn1C. The Morgan fingerprint density at radius 2 is 1.95 bits per heavy atom. The number of hydrogen-bond acceptors (Lipinski definition) is 4. The molecule has 6 heteroatoms. The summed E-state index contributed by atoms with van der Waals surface area (Å²) in [6.07, 6.45) is 0. The number of imidazole rings is 1. The van der Waals surface area contributed by atoms with Gasteiger partial charge in [0.25, 0.3) is 0 Å². The zero-order valence-corrected chi connectivity index (χ0v) is 13.1. The van der Waals surface area contributed by atoms with Gasteiger partial charge in [0, 0.05) is 13.6 Å². The Morgan fingerprint density at radius 3 is 2.50 bits per heavy atom. The monoisotopic (exact) mass is 277 g/mol. The molecule has 0 unspecified atom stereocenters. The molecule has 0 aliphatic carbocycles. The van der Waals surface area contributed by atoms with E-state index >= 15 is 0 Å². The number of nitrogens with two attached hydrogens (primary N) is 1. The van der Waals surface area contributed by atoms with Crippen LogP contribution >= 0.6 is 0 Å². The van der Waals surface area contributed by atoms with Gasteiger partial charge < -0.3 is 15.0 Å². The predicted molar refractivity (Wildman–Crippen MR) is 79.7 cm³/mol. The van der Waals surface area contributed by atoms with Crippen LogP contribution in [0.25, 0.3) is 11.3 Å². The van der Waals surface area contributed by atoms with E-state index in [1.54, 1.807) is 11.8 Å². The third kappa shape index (κ3) is 2.26. The molecular formula is C14H23N5O. The maximum Gasteiger partial charge on any atom is 0.221 e. The van der Waals surface area contributed by atoms with Crippen molar-refractivity contribution in [2.45, 2.75) is 34.2 Å². The van der Waals surface area contributed by atoms with E-state index in [1.165, 1.54) is 0 Å². The second-order valence-electron chi connectivity index (χ2n) is 5.49. The van der Waals surface area contributed by atoms with Crippen molar-refractivity contribution in [3.63, 3.8) is 0 Å². The van der Waals surface area contributed by atoms with Crippen molar-refractivity contribution in [1.29, 1.82) is 0 Å². The summed E-state index contributed by atoms with van der Waals surface area (Å²) in [6.45, 7) is 9.09. The van der Waals surface area contributed by atoms with Crippen LogP contribution in [0.15, 0.2) is 0 Å². The first-order valence-electron chi connectivity index (χ1n) is 6.77. The van der Waals surface area contributed by atoms with Crippen LogP contribution in [0.3, 0.4) is 0 Å². The maximum absolute atomic E-state index is 6.29. The lowest BCUT2D eigenvalue weighted by Crippen LogP contribution is -2.09. The summed E-state index contributed by atoms with van der Waals surface area (Å²) in [7, 11) is 3.48. The van der Waals surface area contributed by atoms with Gasteiger partial charge in [0.1, 0.15) is 17.3 Å². The minimum Gasteiger partial charge on any atom is -0.481 e. The Balaban J connectivity index is 2.60. The second kappa shape index (κ2) is 5.19. The molecule has 0 aliphatic rings. The van der Waals surface area contributed by atoms with Crippen LogP contribution < -0.4 is 10.5 Å². The molecule has 2 aromatic rings. The highest BCUT2D eigenvalue weighted by molar-refractivity contribution is 5.77. The number of nitrogens with zero attached hydrogens (tertiary/aromatic N) is 4. The van der Waals surface area contributed by atoms with Crippen LogP contribution in [0.5, 0.6) is 5.88 Å². The van der Waals surface area contributed by atoms with Crippen molar-refractivity contribution in [1.82, 2.24) is 19.3 Å². The van der Waals surface area contributed by atoms with Gasteiger partial charge >= 0.3 is 0 Å². The van der Waals surface area contributed by atoms with E-state index in [0.29, 0.717) is 17.6 Å². The first-order valence-corrected chi connectivity index (χ1v) is 6.77. The number of rotatable bonds is 4. The zero-order chi connectivity index (χ0) is 15.0. The van der Waals surface area contributed by atoms with Crippen LogP contribution in [-0.4, -0.2) is 26.4 Å². The highest BCUT2D eigenvalue weighted by atomic mass is 16.5. The van der Waals surface area contributed by atoms with Gasteiger partial charge in [0.15, 0.2) is 0 Å². The van der Waals surface area contributed by atoms with Crippen molar-refractivity contribution in [2.24, 2.45) is 13.0 Å². The van der Waals surface area contributed by atoms with Gasteiger partial charge in [-0.25, -0.2) is 9.67 Å². The third-order valence-corrected chi connectivity index (χ3v) is 3.35. The Bertz CT molecular complexity index is 624. The highest BCUT2D eigenvalue weighted by Crippen LogP contribution is 2.36. The minimum atomic E-state index is 0.509. The van der Waals surface area contributed by atoms with Crippen LogP contribution in [0.2, 0.25) is 0 Å². The molecule has 0 radical (unpaired) electrons. The third-order valence-electron chi connectivity index (χ3n) is 3.35. The molecule has 110 valence electrons. The summed E-state index contributed by atoms with van der Waals surface area (Å²) in [5.41, 5.74) is 8.79. The number of ether oxygens (including phenoxy) is 1. The van der Waals surface area contributed by atoms with E-state index < -0.39 is 0 Å². The molecule has 2 aromatic heterocycles. The predicted octanol–water partition coefficient (Wildman–Crippen LogP) is 2.15. The summed E-state index contributed by atoms with van der Waals surface area (Å²) < 4.78 is 9.19.